The smallest absolute Gasteiger partial charge is 0.347 e. The predicted octanol–water partition coefficient (Wildman–Crippen LogP) is 3.03. The van der Waals surface area contributed by atoms with Crippen molar-refractivity contribution in [3.8, 4) is 23.3 Å². The van der Waals surface area contributed by atoms with Gasteiger partial charge in [0.25, 0.3) is 0 Å². The molecule has 0 spiro atoms. The van der Waals surface area contributed by atoms with Gasteiger partial charge in [-0.3, -0.25) is 0 Å². The van der Waals surface area contributed by atoms with Crippen LogP contribution in [-0.2, 0) is 4.79 Å². The molecular weight excluding hydrogens is 280 g/mol. The lowest BCUT2D eigenvalue weighted by Crippen LogP contribution is -2.37. The summed E-state index contributed by atoms with van der Waals surface area (Å²) in [5.74, 6) is 5.52. The number of carbonyl (C=O) groups is 1. The van der Waals surface area contributed by atoms with Crippen LogP contribution in [0.4, 0.5) is 0 Å². The second-order valence-electron chi connectivity index (χ2n) is 5.24. The van der Waals surface area contributed by atoms with Crippen molar-refractivity contribution in [2.24, 2.45) is 0 Å². The molecule has 0 amide bonds. The van der Waals surface area contributed by atoms with Crippen molar-refractivity contribution in [2.45, 2.75) is 19.4 Å². The zero-order valence-electron chi connectivity index (χ0n) is 12.3. The summed E-state index contributed by atoms with van der Waals surface area (Å²) in [7, 11) is 0. The van der Waals surface area contributed by atoms with Crippen molar-refractivity contribution in [3.63, 3.8) is 0 Å². The van der Waals surface area contributed by atoms with Crippen molar-refractivity contribution < 1.29 is 19.7 Å². The van der Waals surface area contributed by atoms with Crippen molar-refractivity contribution >= 4 is 5.97 Å². The van der Waals surface area contributed by atoms with E-state index in [1.807, 2.05) is 0 Å². The molecule has 0 atom stereocenters. The lowest BCUT2D eigenvalue weighted by atomic mass is 10.1. The minimum atomic E-state index is -1.28. The molecule has 4 nitrogen and oxygen atoms in total. The van der Waals surface area contributed by atoms with E-state index in [0.29, 0.717) is 11.3 Å². The quantitative estimate of drug-likeness (QED) is 0.854. The second-order valence-corrected chi connectivity index (χ2v) is 5.24. The van der Waals surface area contributed by atoms with Gasteiger partial charge in [0.2, 0.25) is 0 Å². The van der Waals surface area contributed by atoms with Gasteiger partial charge in [-0.1, -0.05) is 17.9 Å². The first-order valence-corrected chi connectivity index (χ1v) is 6.70. The van der Waals surface area contributed by atoms with E-state index < -0.39 is 11.6 Å². The summed E-state index contributed by atoms with van der Waals surface area (Å²) in [5.41, 5.74) is 0.200. The molecule has 0 saturated heterocycles. The highest BCUT2D eigenvalue weighted by Crippen LogP contribution is 2.19. The van der Waals surface area contributed by atoms with E-state index in [-0.39, 0.29) is 5.75 Å². The Labute approximate surface area is 129 Å². The van der Waals surface area contributed by atoms with Crippen molar-refractivity contribution in [2.75, 3.05) is 0 Å². The Morgan fingerprint density at radius 2 is 1.68 bits per heavy atom. The molecule has 0 fully saturated rings. The standard InChI is InChI=1S/C18H16O4/c1-18(2,17(20)21)22-16-10-8-13(9-11-16)6-7-14-4-3-5-15(19)12-14/h3-5,8-12,19H,1-2H3,(H,20,21). The first-order chi connectivity index (χ1) is 10.4. The Morgan fingerprint density at radius 3 is 2.27 bits per heavy atom. The Kier molecular flexibility index (Phi) is 4.38. The van der Waals surface area contributed by atoms with Crippen LogP contribution in [0.25, 0.3) is 0 Å². The number of rotatable bonds is 3. The Morgan fingerprint density at radius 1 is 1.05 bits per heavy atom. The molecule has 0 aliphatic rings. The van der Waals surface area contributed by atoms with Crippen LogP contribution >= 0.6 is 0 Å². The summed E-state index contributed by atoms with van der Waals surface area (Å²) in [6, 6.07) is 13.6. The van der Waals surface area contributed by atoms with Crippen molar-refractivity contribution in [1.29, 1.82) is 0 Å². The monoisotopic (exact) mass is 296 g/mol. The van der Waals surface area contributed by atoms with Crippen LogP contribution in [-0.4, -0.2) is 21.8 Å². The van der Waals surface area contributed by atoms with Crippen LogP contribution in [0.2, 0.25) is 0 Å². The number of carboxylic acid groups (broad SMARTS) is 1. The van der Waals surface area contributed by atoms with Gasteiger partial charge in [-0.25, -0.2) is 4.79 Å². The maximum atomic E-state index is 11.0. The Hall–Kier alpha value is -2.93. The van der Waals surface area contributed by atoms with E-state index in [1.54, 1.807) is 48.5 Å². The van der Waals surface area contributed by atoms with Gasteiger partial charge in [0.1, 0.15) is 11.5 Å². The molecule has 2 aromatic rings. The van der Waals surface area contributed by atoms with Crippen LogP contribution in [0.15, 0.2) is 48.5 Å². The van der Waals surface area contributed by atoms with Crippen molar-refractivity contribution in [1.82, 2.24) is 0 Å². The molecule has 0 radical (unpaired) electrons. The van der Waals surface area contributed by atoms with Gasteiger partial charge in [0.15, 0.2) is 5.60 Å². The van der Waals surface area contributed by atoms with Crippen LogP contribution in [0, 0.1) is 11.8 Å². The SMILES string of the molecule is CC(C)(Oc1ccc(C#Cc2cccc(O)c2)cc1)C(=O)O. The van der Waals surface area contributed by atoms with Gasteiger partial charge in [0, 0.05) is 11.1 Å². The number of benzene rings is 2. The summed E-state index contributed by atoms with van der Waals surface area (Å²) in [4.78, 5) is 11.0. The maximum Gasteiger partial charge on any atom is 0.347 e. The molecule has 0 bridgehead atoms. The molecular formula is C18H16O4. The number of hydrogen-bond donors (Lipinski definition) is 2. The van der Waals surface area contributed by atoms with E-state index in [0.717, 1.165) is 5.56 Å². The van der Waals surface area contributed by atoms with E-state index in [2.05, 4.69) is 11.8 Å². The van der Waals surface area contributed by atoms with E-state index in [1.165, 1.54) is 13.8 Å². The summed E-state index contributed by atoms with van der Waals surface area (Å²) < 4.78 is 5.42. The third-order valence-corrected chi connectivity index (χ3v) is 2.94. The molecule has 0 saturated carbocycles. The Balaban J connectivity index is 2.12. The number of aromatic hydroxyl groups is 1. The highest BCUT2D eigenvalue weighted by atomic mass is 16.5. The Bertz CT molecular complexity index is 734. The summed E-state index contributed by atoms with van der Waals surface area (Å²) in [6.07, 6.45) is 0. The van der Waals surface area contributed by atoms with Crippen LogP contribution in [0.3, 0.4) is 0 Å². The average molecular weight is 296 g/mol. The predicted molar refractivity (Wildman–Crippen MR) is 82.9 cm³/mol. The second kappa shape index (κ2) is 6.23. The van der Waals surface area contributed by atoms with E-state index in [4.69, 9.17) is 9.84 Å². The first kappa shape index (κ1) is 15.5. The number of phenols is 1. The van der Waals surface area contributed by atoms with Gasteiger partial charge in [-0.15, -0.1) is 0 Å². The van der Waals surface area contributed by atoms with Crippen molar-refractivity contribution in [3.05, 3.63) is 59.7 Å². The van der Waals surface area contributed by atoms with Crippen LogP contribution in [0.1, 0.15) is 25.0 Å². The summed E-state index contributed by atoms with van der Waals surface area (Å²) >= 11 is 0. The third-order valence-electron chi connectivity index (χ3n) is 2.94. The lowest BCUT2D eigenvalue weighted by molar-refractivity contribution is -0.152. The fourth-order valence-electron chi connectivity index (χ4n) is 1.67. The molecule has 2 N–H and O–H groups in total. The lowest BCUT2D eigenvalue weighted by Gasteiger charge is -2.21. The molecule has 0 aromatic heterocycles. The number of ether oxygens (including phenoxy) is 1. The number of aliphatic carboxylic acids is 1. The van der Waals surface area contributed by atoms with Crippen LogP contribution < -0.4 is 4.74 Å². The minimum Gasteiger partial charge on any atom is -0.508 e. The van der Waals surface area contributed by atoms with Gasteiger partial charge >= 0.3 is 5.97 Å². The first-order valence-electron chi connectivity index (χ1n) is 6.70. The van der Waals surface area contributed by atoms with Gasteiger partial charge in [0.05, 0.1) is 0 Å². The largest absolute Gasteiger partial charge is 0.508 e. The highest BCUT2D eigenvalue weighted by Gasteiger charge is 2.29. The minimum absolute atomic E-state index is 0.173. The van der Waals surface area contributed by atoms with Gasteiger partial charge < -0.3 is 14.9 Å². The van der Waals surface area contributed by atoms with Crippen LogP contribution in [0.5, 0.6) is 11.5 Å². The summed E-state index contributed by atoms with van der Waals surface area (Å²) in [6.45, 7) is 2.98. The molecule has 2 aromatic carbocycles. The highest BCUT2D eigenvalue weighted by molar-refractivity contribution is 5.76. The fraction of sp³-hybridized carbons (Fsp3) is 0.167. The molecule has 0 unspecified atom stereocenters. The third kappa shape index (κ3) is 4.03. The molecule has 0 aliphatic heterocycles. The molecule has 0 heterocycles. The number of carboxylic acids is 1. The topological polar surface area (TPSA) is 66.8 Å². The van der Waals surface area contributed by atoms with E-state index >= 15 is 0 Å². The number of phenolic OH excluding ortho intramolecular Hbond substituents is 1. The van der Waals surface area contributed by atoms with Gasteiger partial charge in [-0.05, 0) is 56.3 Å². The molecule has 112 valence electrons. The average Bonchev–Trinajstić information content (AvgIpc) is 2.46. The molecule has 4 heteroatoms. The normalized spacial score (nSPS) is 10.5. The molecule has 22 heavy (non-hydrogen) atoms. The molecule has 0 aliphatic carbocycles. The number of hydrogen-bond acceptors (Lipinski definition) is 3. The summed E-state index contributed by atoms with van der Waals surface area (Å²) in [5, 5.41) is 18.4. The zero-order chi connectivity index (χ0) is 16.2. The fourth-order valence-corrected chi connectivity index (χ4v) is 1.67. The maximum absolute atomic E-state index is 11.0. The van der Waals surface area contributed by atoms with Gasteiger partial charge in [-0.2, -0.15) is 0 Å². The zero-order valence-corrected chi connectivity index (χ0v) is 12.3. The van der Waals surface area contributed by atoms with E-state index in [9.17, 15) is 9.90 Å². The molecule has 2 rings (SSSR count).